The van der Waals surface area contributed by atoms with Gasteiger partial charge in [0.2, 0.25) is 28.6 Å². The SMILES string of the molecule is Cc1ccc2c(oc3ncccc32)c1N1C=CN(c2ccccc2)C1C.Cc1ccc2c(oc3ncccc32)c1N1c2ccccc2N(C(C)C)C1C.Cc1ccc2c(oc3ncccc32)c1N1c2ccccc2N(c2ccccc2)C1C.Cc1ccc2c(oc3ncccc32)c1N1c2cccnc2N(C)C1C.Cc1ccc2c(oc3ncccc32)c1N1c2ncccc2N(C)C1C. The fraction of sp³-hybridized carbons (Fsp3) is 0.180. The second kappa shape index (κ2) is 33.1. The molecule has 0 aliphatic carbocycles. The largest absolute Gasteiger partial charge is 0.435 e. The third-order valence-corrected chi connectivity index (χ3v) is 27.0. The Kier molecular flexibility index (Phi) is 20.5. The van der Waals surface area contributed by atoms with Crippen LogP contribution in [0.3, 0.4) is 0 Å². The van der Waals surface area contributed by atoms with Crippen molar-refractivity contribution in [3.05, 3.63) is 338 Å². The van der Waals surface area contributed by atoms with Gasteiger partial charge in [0.25, 0.3) is 0 Å². The summed E-state index contributed by atoms with van der Waals surface area (Å²) in [5, 5.41) is 10.8. The molecule has 658 valence electrons. The Bertz CT molecular complexity index is 7920. The molecule has 0 amide bonds. The van der Waals surface area contributed by atoms with Gasteiger partial charge < -0.3 is 71.1 Å². The van der Waals surface area contributed by atoms with Gasteiger partial charge in [0.05, 0.1) is 62.6 Å². The van der Waals surface area contributed by atoms with Gasteiger partial charge in [0.15, 0.2) is 39.6 Å². The molecule has 0 fully saturated rings. The molecule has 0 spiro atoms. The van der Waals surface area contributed by atoms with E-state index in [0.29, 0.717) is 34.6 Å². The molecule has 5 unspecified atom stereocenters. The van der Waals surface area contributed by atoms with Crippen molar-refractivity contribution in [1.82, 2.24) is 34.9 Å². The average Bonchev–Trinajstić information content (AvgIpc) is 1.59. The summed E-state index contributed by atoms with van der Waals surface area (Å²) in [6.45, 7) is 26.2. The lowest BCUT2D eigenvalue weighted by molar-refractivity contribution is 0.602. The van der Waals surface area contributed by atoms with Crippen LogP contribution in [0, 0.1) is 34.6 Å². The van der Waals surface area contributed by atoms with Crippen LogP contribution in [-0.2, 0) is 0 Å². The standard InChI is InChI=1S/C26H21N3O.C23H23N3O.C22H19N3O.2C20H18N4O/c1-17-14-15-20-21-11-8-16-27-26(21)30-25(20)24(17)29-18(2)28(19-9-4-3-5-10-19)22-12-6-7-13-23(22)29;1-14(2)25-16(4)26(20-10-6-5-9-19(20)25)21-15(3)11-12-17-18-8-7-13-24-23(18)27-22(17)21;1-15-10-11-18-19-9-6-12-23-22(19)26-21(18)20(15)25-14-13-24(16(25)2)17-7-4-3-5-8-17;1-12-8-9-14-15-6-4-11-22-20(15)25-18(14)17(12)24-13(2)23(3)19-16(24)7-5-10-21-19;1-12-8-9-14-15-6-4-11-22-20(15)25-18(14)17(12)24-13(2)23(3)16-7-5-10-21-19(16)24/h3-16,18H,1-2H3;5-14,16H,1-4H3;3-14,16H,1-2H3;2*4-11,13H,1-3H3. The van der Waals surface area contributed by atoms with Gasteiger partial charge in [-0.25, -0.2) is 34.9 Å². The third kappa shape index (κ3) is 13.5. The number of nitrogens with zero attached hydrogens (tertiary/aromatic N) is 17. The molecule has 9 aromatic carbocycles. The van der Waals surface area contributed by atoms with Crippen molar-refractivity contribution in [2.24, 2.45) is 0 Å². The molecule has 0 saturated carbocycles. The minimum absolute atomic E-state index is 0.0928. The Morgan fingerprint density at radius 2 is 0.549 bits per heavy atom. The zero-order valence-electron chi connectivity index (χ0n) is 76.6. The summed E-state index contributed by atoms with van der Waals surface area (Å²) in [5.41, 5.74) is 28.7. The van der Waals surface area contributed by atoms with Gasteiger partial charge in [-0.15, -0.1) is 0 Å². The number of hydrogen-bond acceptors (Lipinski definition) is 22. The van der Waals surface area contributed by atoms with Crippen LogP contribution < -0.4 is 49.0 Å². The molecular weight excluding hydrogens is 1650 g/mol. The highest BCUT2D eigenvalue weighted by molar-refractivity contribution is 6.15. The molecule has 21 aromatic rings. The molecule has 17 heterocycles. The lowest BCUT2D eigenvalue weighted by Crippen LogP contribution is -2.42. The van der Waals surface area contributed by atoms with Crippen LogP contribution in [0.1, 0.15) is 76.3 Å². The van der Waals surface area contributed by atoms with Crippen LogP contribution in [0.2, 0.25) is 0 Å². The fourth-order valence-electron chi connectivity index (χ4n) is 20.5. The lowest BCUT2D eigenvalue weighted by Gasteiger charge is -2.33. The molecular formula is C111H99N17O5. The number of fused-ring (bicyclic) bond motifs is 19. The Morgan fingerprint density at radius 1 is 0.241 bits per heavy atom. The van der Waals surface area contributed by atoms with Crippen LogP contribution in [-0.4, -0.2) is 85.9 Å². The number of hydrogen-bond donors (Lipinski definition) is 0. The van der Waals surface area contributed by atoms with Crippen LogP contribution in [0.5, 0.6) is 0 Å². The Hall–Kier alpha value is -16.2. The summed E-state index contributed by atoms with van der Waals surface area (Å²) in [4.78, 5) is 54.4. The van der Waals surface area contributed by atoms with E-state index in [-0.39, 0.29) is 30.8 Å². The van der Waals surface area contributed by atoms with Gasteiger partial charge in [0.1, 0.15) is 30.8 Å². The van der Waals surface area contributed by atoms with Crippen LogP contribution >= 0.6 is 0 Å². The Balaban J connectivity index is 0.0000000971. The predicted molar refractivity (Wildman–Crippen MR) is 542 cm³/mol. The summed E-state index contributed by atoms with van der Waals surface area (Å²) in [5.74, 6) is 1.95. The summed E-state index contributed by atoms with van der Waals surface area (Å²) < 4.78 is 31.1. The number of benzene rings is 9. The molecule has 5 aliphatic heterocycles. The van der Waals surface area contributed by atoms with E-state index in [1.54, 1.807) is 31.0 Å². The predicted octanol–water partition coefficient (Wildman–Crippen LogP) is 27.6. The number of anilines is 15. The molecule has 0 saturated heterocycles. The van der Waals surface area contributed by atoms with Crippen molar-refractivity contribution in [1.29, 1.82) is 0 Å². The number of rotatable bonds is 8. The number of para-hydroxylation sites is 6. The van der Waals surface area contributed by atoms with Gasteiger partial charge in [-0.05, 0) is 244 Å². The number of aromatic nitrogens is 7. The third-order valence-electron chi connectivity index (χ3n) is 27.0. The zero-order valence-corrected chi connectivity index (χ0v) is 76.6. The van der Waals surface area contributed by atoms with Crippen molar-refractivity contribution in [2.45, 2.75) is 120 Å². The molecule has 12 aromatic heterocycles. The summed E-state index contributed by atoms with van der Waals surface area (Å²) in [6, 6.07) is 88.3. The molecule has 0 N–H and O–H groups in total. The van der Waals surface area contributed by atoms with E-state index in [1.807, 2.05) is 60.9 Å². The van der Waals surface area contributed by atoms with Crippen molar-refractivity contribution >= 4 is 196 Å². The van der Waals surface area contributed by atoms with E-state index in [0.717, 1.165) is 139 Å². The minimum atomic E-state index is 0.0928. The van der Waals surface area contributed by atoms with E-state index < -0.39 is 0 Å². The van der Waals surface area contributed by atoms with E-state index in [9.17, 15) is 0 Å². The fourth-order valence-corrected chi connectivity index (χ4v) is 20.5. The second-order valence-corrected chi connectivity index (χ2v) is 35.0. The normalized spacial score (nSPS) is 16.6. The maximum Gasteiger partial charge on any atom is 0.227 e. The number of furan rings is 5. The first-order chi connectivity index (χ1) is 64.9. The highest BCUT2D eigenvalue weighted by Crippen LogP contribution is 2.55. The topological polar surface area (TPSA) is 188 Å². The van der Waals surface area contributed by atoms with Crippen molar-refractivity contribution in [2.75, 3.05) is 63.1 Å². The number of aryl methyl sites for hydroxylation is 5. The summed E-state index contributed by atoms with van der Waals surface area (Å²) >= 11 is 0. The minimum Gasteiger partial charge on any atom is -0.435 e. The van der Waals surface area contributed by atoms with E-state index in [4.69, 9.17) is 22.1 Å². The molecule has 22 nitrogen and oxygen atoms in total. The monoisotopic (exact) mass is 1750 g/mol. The highest BCUT2D eigenvalue weighted by atomic mass is 16.4. The molecule has 133 heavy (non-hydrogen) atoms. The van der Waals surface area contributed by atoms with E-state index in [1.165, 1.54) is 56.4 Å². The van der Waals surface area contributed by atoms with Crippen LogP contribution in [0.25, 0.3) is 110 Å². The highest BCUT2D eigenvalue weighted by Gasteiger charge is 2.42. The zero-order chi connectivity index (χ0) is 90.9. The second-order valence-electron chi connectivity index (χ2n) is 35.0. The molecule has 26 rings (SSSR count). The summed E-state index contributed by atoms with van der Waals surface area (Å²) in [6.07, 6.45) is 17.5. The smallest absolute Gasteiger partial charge is 0.227 e. The van der Waals surface area contributed by atoms with Crippen molar-refractivity contribution in [3.8, 4) is 0 Å². The van der Waals surface area contributed by atoms with Gasteiger partial charge in [0, 0.05) is 141 Å². The molecule has 0 bridgehead atoms. The van der Waals surface area contributed by atoms with E-state index >= 15 is 0 Å². The quantitative estimate of drug-likeness (QED) is 0.140. The van der Waals surface area contributed by atoms with Gasteiger partial charge >= 0.3 is 0 Å². The molecule has 5 aliphatic rings. The van der Waals surface area contributed by atoms with E-state index in [2.05, 4.69) is 400 Å². The van der Waals surface area contributed by atoms with Crippen LogP contribution in [0.4, 0.5) is 85.6 Å². The van der Waals surface area contributed by atoms with Gasteiger partial charge in [-0.2, -0.15) is 0 Å². The lowest BCUT2D eigenvalue weighted by atomic mass is 10.1. The maximum absolute atomic E-state index is 6.31. The Morgan fingerprint density at radius 3 is 0.977 bits per heavy atom. The van der Waals surface area contributed by atoms with Crippen LogP contribution in [0.15, 0.2) is 333 Å². The molecule has 5 atom stereocenters. The van der Waals surface area contributed by atoms with Crippen molar-refractivity contribution in [3.63, 3.8) is 0 Å². The average molecular weight is 1750 g/mol. The van der Waals surface area contributed by atoms with Crippen molar-refractivity contribution < 1.29 is 22.1 Å². The Labute approximate surface area is 769 Å². The van der Waals surface area contributed by atoms with Gasteiger partial charge in [-0.3, -0.25) is 0 Å². The first-order valence-corrected chi connectivity index (χ1v) is 45.4. The first kappa shape index (κ1) is 82.5. The first-order valence-electron chi connectivity index (χ1n) is 45.4. The maximum atomic E-state index is 6.31. The number of pyridine rings is 7. The molecule has 0 radical (unpaired) electrons. The molecule has 22 heteroatoms. The van der Waals surface area contributed by atoms with Gasteiger partial charge in [-0.1, -0.05) is 121 Å². The summed E-state index contributed by atoms with van der Waals surface area (Å²) in [7, 11) is 4.17.